The zero-order valence-corrected chi connectivity index (χ0v) is 15.2. The van der Waals surface area contributed by atoms with Gasteiger partial charge in [0.15, 0.2) is 11.5 Å². The molecule has 0 amide bonds. The van der Waals surface area contributed by atoms with Crippen LogP contribution in [0.5, 0.6) is 11.5 Å². The monoisotopic (exact) mass is 331 g/mol. The number of nitrogens with one attached hydrogen (secondary N) is 1. The summed E-state index contributed by atoms with van der Waals surface area (Å²) < 4.78 is 10.9. The van der Waals surface area contributed by atoms with E-state index < -0.39 is 0 Å². The van der Waals surface area contributed by atoms with Crippen LogP contribution in [0.15, 0.2) is 12.1 Å². The summed E-state index contributed by atoms with van der Waals surface area (Å²) in [5.74, 6) is 1.26. The fraction of sp³-hybridized carbons (Fsp3) is 0.625. The van der Waals surface area contributed by atoms with Crippen LogP contribution in [0.2, 0.25) is 5.02 Å². The summed E-state index contributed by atoms with van der Waals surface area (Å²) in [6, 6.07) is 3.87. The van der Waals surface area contributed by atoms with Gasteiger partial charge in [0.1, 0.15) is 0 Å². The highest BCUT2D eigenvalue weighted by Crippen LogP contribution is 2.37. The maximum atomic E-state index is 6.39. The van der Waals surface area contributed by atoms with E-state index in [0.717, 1.165) is 31.5 Å². The Hall–Kier alpha value is -0.580. The van der Waals surface area contributed by atoms with E-state index in [4.69, 9.17) is 21.1 Å². The molecule has 0 aliphatic carbocycles. The molecule has 120 valence electrons. The molecular weight excluding hydrogens is 306 g/mol. The molecule has 1 N–H and O–H groups in total. The topological polar surface area (TPSA) is 30.5 Å². The number of methoxy groups -OCH3 is 2. The average Bonchev–Trinajstić information content (AvgIpc) is 2.53. The summed E-state index contributed by atoms with van der Waals surface area (Å²) in [6.07, 6.45) is 4.48. The lowest BCUT2D eigenvalue weighted by molar-refractivity contribution is 0.354. The summed E-state index contributed by atoms with van der Waals surface area (Å²) in [5, 5.41) is 4.14. The van der Waals surface area contributed by atoms with Gasteiger partial charge in [0.2, 0.25) is 0 Å². The van der Waals surface area contributed by atoms with Gasteiger partial charge in [-0.3, -0.25) is 0 Å². The summed E-state index contributed by atoms with van der Waals surface area (Å²) in [6.45, 7) is 6.17. The molecule has 5 heteroatoms. The third-order valence-corrected chi connectivity index (χ3v) is 6.05. The molecule has 1 aromatic rings. The number of benzene rings is 1. The second kappa shape index (κ2) is 8.76. The Kier molecular flexibility index (Phi) is 7.71. The van der Waals surface area contributed by atoms with Gasteiger partial charge >= 0.3 is 0 Å². The Morgan fingerprint density at radius 3 is 2.33 bits per heavy atom. The summed E-state index contributed by atoms with van der Waals surface area (Å²) in [7, 11) is 3.22. The van der Waals surface area contributed by atoms with Crippen LogP contribution in [0.1, 0.15) is 32.3 Å². The van der Waals surface area contributed by atoms with Gasteiger partial charge in [-0.1, -0.05) is 31.5 Å². The van der Waals surface area contributed by atoms with Crippen molar-refractivity contribution in [3.05, 3.63) is 22.7 Å². The largest absolute Gasteiger partial charge is 0.493 e. The Labute approximate surface area is 137 Å². The highest BCUT2D eigenvalue weighted by Gasteiger charge is 2.24. The van der Waals surface area contributed by atoms with Crippen molar-refractivity contribution >= 4 is 23.4 Å². The quantitative estimate of drug-likeness (QED) is 0.728. The molecule has 0 aliphatic heterocycles. The SMILES string of the molecule is CCC(CC)(CNCc1ccc(OC)c(OC)c1Cl)SC. The summed E-state index contributed by atoms with van der Waals surface area (Å²) in [4.78, 5) is 0. The molecule has 0 spiro atoms. The molecule has 0 aliphatic rings. The molecule has 21 heavy (non-hydrogen) atoms. The van der Waals surface area contributed by atoms with Crippen LogP contribution >= 0.6 is 23.4 Å². The minimum atomic E-state index is 0.295. The number of thioether (sulfide) groups is 1. The maximum Gasteiger partial charge on any atom is 0.179 e. The van der Waals surface area contributed by atoms with E-state index in [1.165, 1.54) is 0 Å². The molecule has 3 nitrogen and oxygen atoms in total. The summed E-state index contributed by atoms with van der Waals surface area (Å²) in [5.41, 5.74) is 1.02. The van der Waals surface area contributed by atoms with Gasteiger partial charge in [0.05, 0.1) is 19.2 Å². The first-order valence-corrected chi connectivity index (χ1v) is 8.83. The van der Waals surface area contributed by atoms with Crippen molar-refractivity contribution in [2.75, 3.05) is 27.0 Å². The predicted octanol–water partition coefficient (Wildman–Crippen LogP) is 4.37. The first-order chi connectivity index (χ1) is 10.1. The van der Waals surface area contributed by atoms with E-state index in [1.807, 2.05) is 23.9 Å². The van der Waals surface area contributed by atoms with Crippen molar-refractivity contribution in [1.82, 2.24) is 5.32 Å². The third-order valence-electron chi connectivity index (χ3n) is 4.05. The van der Waals surface area contributed by atoms with Crippen molar-refractivity contribution in [2.45, 2.75) is 38.0 Å². The van der Waals surface area contributed by atoms with Gasteiger partial charge in [0, 0.05) is 17.8 Å². The Morgan fingerprint density at radius 1 is 1.19 bits per heavy atom. The molecule has 1 aromatic carbocycles. The molecule has 0 saturated carbocycles. The molecule has 0 radical (unpaired) electrons. The number of hydrogen-bond donors (Lipinski definition) is 1. The summed E-state index contributed by atoms with van der Waals surface area (Å²) >= 11 is 8.32. The highest BCUT2D eigenvalue weighted by atomic mass is 35.5. The Balaban J connectivity index is 2.76. The molecule has 0 atom stereocenters. The molecule has 0 bridgehead atoms. The van der Waals surface area contributed by atoms with Gasteiger partial charge in [-0.25, -0.2) is 0 Å². The highest BCUT2D eigenvalue weighted by molar-refractivity contribution is 8.00. The van der Waals surface area contributed by atoms with Crippen LogP contribution in [0, 0.1) is 0 Å². The van der Waals surface area contributed by atoms with Gasteiger partial charge in [-0.05, 0) is 30.7 Å². The van der Waals surface area contributed by atoms with Crippen molar-refractivity contribution in [2.24, 2.45) is 0 Å². The van der Waals surface area contributed by atoms with Crippen LogP contribution in [-0.4, -0.2) is 31.8 Å². The number of hydrogen-bond acceptors (Lipinski definition) is 4. The second-order valence-corrected chi connectivity index (χ2v) is 6.62. The van der Waals surface area contributed by atoms with E-state index in [1.54, 1.807) is 14.2 Å². The molecule has 0 unspecified atom stereocenters. The van der Waals surface area contributed by atoms with E-state index in [0.29, 0.717) is 21.3 Å². The lowest BCUT2D eigenvalue weighted by Crippen LogP contribution is -2.36. The van der Waals surface area contributed by atoms with E-state index in [2.05, 4.69) is 25.4 Å². The maximum absolute atomic E-state index is 6.39. The smallest absolute Gasteiger partial charge is 0.179 e. The van der Waals surface area contributed by atoms with Crippen molar-refractivity contribution < 1.29 is 9.47 Å². The minimum Gasteiger partial charge on any atom is -0.493 e. The predicted molar refractivity (Wildman–Crippen MR) is 93.1 cm³/mol. The fourth-order valence-electron chi connectivity index (χ4n) is 2.35. The number of ether oxygens (including phenoxy) is 2. The molecule has 1 rings (SSSR count). The van der Waals surface area contributed by atoms with Gasteiger partial charge in [-0.15, -0.1) is 0 Å². The van der Waals surface area contributed by atoms with Crippen LogP contribution < -0.4 is 14.8 Å². The fourth-order valence-corrected chi connectivity index (χ4v) is 3.48. The Bertz CT molecular complexity index is 442. The zero-order chi connectivity index (χ0) is 15.9. The third kappa shape index (κ3) is 4.44. The minimum absolute atomic E-state index is 0.295. The molecular formula is C16H26ClNO2S. The average molecular weight is 332 g/mol. The van der Waals surface area contributed by atoms with Crippen molar-refractivity contribution in [3.63, 3.8) is 0 Å². The number of halogens is 1. The molecule has 0 aromatic heterocycles. The normalized spacial score (nSPS) is 11.5. The van der Waals surface area contributed by atoms with Crippen LogP contribution in [0.25, 0.3) is 0 Å². The van der Waals surface area contributed by atoms with E-state index in [9.17, 15) is 0 Å². The lowest BCUT2D eigenvalue weighted by Gasteiger charge is -2.30. The first-order valence-electron chi connectivity index (χ1n) is 7.22. The van der Waals surface area contributed by atoms with Crippen LogP contribution in [0.4, 0.5) is 0 Å². The second-order valence-electron chi connectivity index (χ2n) is 4.97. The van der Waals surface area contributed by atoms with Gasteiger partial charge in [0.25, 0.3) is 0 Å². The van der Waals surface area contributed by atoms with Crippen LogP contribution in [0.3, 0.4) is 0 Å². The molecule has 0 heterocycles. The first kappa shape index (κ1) is 18.5. The number of rotatable bonds is 9. The van der Waals surface area contributed by atoms with Crippen molar-refractivity contribution in [3.8, 4) is 11.5 Å². The van der Waals surface area contributed by atoms with Gasteiger partial charge < -0.3 is 14.8 Å². The molecule has 0 saturated heterocycles. The molecule has 0 fully saturated rings. The lowest BCUT2D eigenvalue weighted by atomic mass is 10.0. The standard InChI is InChI=1S/C16H26ClNO2S/c1-6-16(7-2,21-5)11-18-10-12-8-9-13(19-3)15(20-4)14(12)17/h8-9,18H,6-7,10-11H2,1-5H3. The van der Waals surface area contributed by atoms with Gasteiger partial charge in [-0.2, -0.15) is 11.8 Å². The van der Waals surface area contributed by atoms with Crippen molar-refractivity contribution in [1.29, 1.82) is 0 Å². The van der Waals surface area contributed by atoms with Crippen LogP contribution in [-0.2, 0) is 6.54 Å². The Morgan fingerprint density at radius 2 is 1.86 bits per heavy atom. The van der Waals surface area contributed by atoms with E-state index in [-0.39, 0.29) is 0 Å². The zero-order valence-electron chi connectivity index (χ0n) is 13.6. The van der Waals surface area contributed by atoms with E-state index >= 15 is 0 Å².